The van der Waals surface area contributed by atoms with E-state index in [9.17, 15) is 14.0 Å². The first-order valence-electron chi connectivity index (χ1n) is 12.5. The SMILES string of the molecule is COc1ccc(OC)c(C2C(C(=O)Nc3cccc(F)c3)=C(C)NC3=C2C(=O)CC(c2ccccc2)C3)c1. The summed E-state index contributed by atoms with van der Waals surface area (Å²) in [4.78, 5) is 27.6. The number of Topliss-reactive ketones (excluding diaryl/α,β-unsaturated/α-hetero) is 1. The van der Waals surface area contributed by atoms with Gasteiger partial charge in [0.2, 0.25) is 0 Å². The predicted molar refractivity (Wildman–Crippen MR) is 144 cm³/mol. The maximum atomic E-state index is 13.9. The Morgan fingerprint density at radius 3 is 2.47 bits per heavy atom. The van der Waals surface area contributed by atoms with Crippen LogP contribution in [0, 0.1) is 5.82 Å². The Morgan fingerprint density at radius 1 is 0.974 bits per heavy atom. The fourth-order valence-electron chi connectivity index (χ4n) is 5.44. The molecule has 1 aliphatic carbocycles. The molecule has 6 nitrogen and oxygen atoms in total. The molecule has 0 spiro atoms. The van der Waals surface area contributed by atoms with Gasteiger partial charge in [-0.2, -0.15) is 0 Å². The summed E-state index contributed by atoms with van der Waals surface area (Å²) in [7, 11) is 3.12. The van der Waals surface area contributed by atoms with Crippen LogP contribution in [0.25, 0.3) is 0 Å². The minimum atomic E-state index is -0.700. The number of nitrogens with one attached hydrogen (secondary N) is 2. The van der Waals surface area contributed by atoms with Crippen LogP contribution in [0.5, 0.6) is 11.5 Å². The van der Waals surface area contributed by atoms with Gasteiger partial charge < -0.3 is 20.1 Å². The number of halogens is 1. The Balaban J connectivity index is 1.63. The normalized spacial score (nSPS) is 19.0. The number of benzene rings is 3. The molecule has 1 aliphatic heterocycles. The van der Waals surface area contributed by atoms with Crippen LogP contribution in [-0.2, 0) is 9.59 Å². The molecule has 3 aromatic rings. The van der Waals surface area contributed by atoms with Gasteiger partial charge in [0.1, 0.15) is 17.3 Å². The number of ketones is 1. The lowest BCUT2D eigenvalue weighted by Gasteiger charge is -2.37. The minimum Gasteiger partial charge on any atom is -0.497 e. The summed E-state index contributed by atoms with van der Waals surface area (Å²) >= 11 is 0. The highest BCUT2D eigenvalue weighted by Crippen LogP contribution is 2.48. The van der Waals surface area contributed by atoms with Crippen molar-refractivity contribution in [2.75, 3.05) is 19.5 Å². The van der Waals surface area contributed by atoms with Crippen molar-refractivity contribution < 1.29 is 23.5 Å². The van der Waals surface area contributed by atoms with E-state index in [1.54, 1.807) is 38.5 Å². The fraction of sp³-hybridized carbons (Fsp3) is 0.226. The van der Waals surface area contributed by atoms with Crippen LogP contribution in [0.3, 0.4) is 0 Å². The highest BCUT2D eigenvalue weighted by molar-refractivity contribution is 6.10. The molecule has 0 radical (unpaired) electrons. The van der Waals surface area contributed by atoms with E-state index in [0.29, 0.717) is 52.4 Å². The molecule has 2 N–H and O–H groups in total. The summed E-state index contributed by atoms with van der Waals surface area (Å²) < 4.78 is 25.0. The molecule has 5 rings (SSSR count). The number of hydrogen-bond donors (Lipinski definition) is 2. The van der Waals surface area contributed by atoms with Crippen LogP contribution in [0.15, 0.2) is 95.3 Å². The highest BCUT2D eigenvalue weighted by Gasteiger charge is 2.42. The van der Waals surface area contributed by atoms with Crippen molar-refractivity contribution in [1.82, 2.24) is 5.32 Å². The number of hydrogen-bond acceptors (Lipinski definition) is 5. The van der Waals surface area contributed by atoms with Crippen LogP contribution in [-0.4, -0.2) is 25.9 Å². The van der Waals surface area contributed by atoms with Gasteiger partial charge in [0.05, 0.1) is 20.1 Å². The summed E-state index contributed by atoms with van der Waals surface area (Å²) in [6.45, 7) is 1.82. The van der Waals surface area contributed by atoms with Gasteiger partial charge in [-0.05, 0) is 61.2 Å². The van der Waals surface area contributed by atoms with Gasteiger partial charge in [-0.1, -0.05) is 36.4 Å². The summed E-state index contributed by atoms with van der Waals surface area (Å²) in [6, 6.07) is 21.0. The van der Waals surface area contributed by atoms with Crippen LogP contribution < -0.4 is 20.1 Å². The van der Waals surface area contributed by atoms with Crippen LogP contribution >= 0.6 is 0 Å². The Labute approximate surface area is 221 Å². The molecule has 0 saturated carbocycles. The molecule has 2 aliphatic rings. The van der Waals surface area contributed by atoms with Gasteiger partial charge in [-0.15, -0.1) is 0 Å². The minimum absolute atomic E-state index is 0.0262. The van der Waals surface area contributed by atoms with Gasteiger partial charge in [0.25, 0.3) is 5.91 Å². The molecular formula is C31H29FN2O4. The highest BCUT2D eigenvalue weighted by atomic mass is 19.1. The first-order chi connectivity index (χ1) is 18.4. The number of dihydropyridines is 1. The van der Waals surface area contributed by atoms with E-state index >= 15 is 0 Å². The molecule has 38 heavy (non-hydrogen) atoms. The standard InChI is InChI=1S/C31H29FN2O4/c1-18-28(31(36)34-22-11-7-10-21(32)16-22)29(24-17-23(37-2)12-13-27(24)38-3)30-25(33-18)14-20(15-26(30)35)19-8-5-4-6-9-19/h4-13,16-17,20,29,33H,14-15H2,1-3H3,(H,34,36). The molecule has 0 fully saturated rings. The Kier molecular flexibility index (Phi) is 7.01. The number of carbonyl (C=O) groups is 2. The number of carbonyl (C=O) groups excluding carboxylic acids is 2. The van der Waals surface area contributed by atoms with Gasteiger partial charge in [0.15, 0.2) is 5.78 Å². The van der Waals surface area contributed by atoms with Crippen molar-refractivity contribution in [2.24, 2.45) is 0 Å². The Hall–Kier alpha value is -4.39. The fourth-order valence-corrected chi connectivity index (χ4v) is 5.44. The largest absolute Gasteiger partial charge is 0.497 e. The molecule has 0 bridgehead atoms. The first kappa shape index (κ1) is 25.3. The van der Waals surface area contributed by atoms with Gasteiger partial charge in [-0.25, -0.2) is 4.39 Å². The van der Waals surface area contributed by atoms with Crippen molar-refractivity contribution in [3.05, 3.63) is 112 Å². The van der Waals surface area contributed by atoms with E-state index in [1.807, 2.05) is 37.3 Å². The quantitative estimate of drug-likeness (QED) is 0.434. The number of ether oxygens (including phenoxy) is 2. The van der Waals surface area contributed by atoms with Crippen LogP contribution in [0.2, 0.25) is 0 Å². The zero-order valence-electron chi connectivity index (χ0n) is 21.5. The van der Waals surface area contributed by atoms with Gasteiger partial charge >= 0.3 is 0 Å². The zero-order chi connectivity index (χ0) is 26.8. The molecule has 2 unspecified atom stereocenters. The average Bonchev–Trinajstić information content (AvgIpc) is 2.92. The van der Waals surface area contributed by atoms with E-state index in [4.69, 9.17) is 9.47 Å². The lowest BCUT2D eigenvalue weighted by atomic mass is 9.71. The molecule has 2 atom stereocenters. The molecule has 0 aromatic heterocycles. The molecule has 7 heteroatoms. The second-order valence-corrected chi connectivity index (χ2v) is 9.50. The monoisotopic (exact) mass is 512 g/mol. The predicted octanol–water partition coefficient (Wildman–Crippen LogP) is 5.84. The van der Waals surface area contributed by atoms with Crippen LogP contribution in [0.4, 0.5) is 10.1 Å². The number of rotatable bonds is 6. The van der Waals surface area contributed by atoms with E-state index in [2.05, 4.69) is 10.6 Å². The van der Waals surface area contributed by atoms with Crippen molar-refractivity contribution >= 4 is 17.4 Å². The third kappa shape index (κ3) is 4.79. The van der Waals surface area contributed by atoms with Crippen LogP contribution in [0.1, 0.15) is 42.7 Å². The second kappa shape index (κ2) is 10.5. The Morgan fingerprint density at radius 2 is 1.76 bits per heavy atom. The molecule has 1 amide bonds. The molecule has 1 heterocycles. The maximum absolute atomic E-state index is 13.9. The second-order valence-electron chi connectivity index (χ2n) is 9.50. The molecule has 3 aromatic carbocycles. The summed E-state index contributed by atoms with van der Waals surface area (Å²) in [5, 5.41) is 6.18. The van der Waals surface area contributed by atoms with Crippen molar-refractivity contribution in [3.8, 4) is 11.5 Å². The van der Waals surface area contributed by atoms with Gasteiger partial charge in [-0.3, -0.25) is 9.59 Å². The Bertz CT molecular complexity index is 1460. The smallest absolute Gasteiger partial charge is 0.254 e. The number of allylic oxidation sites excluding steroid dienone is 3. The molecule has 194 valence electrons. The van der Waals surface area contributed by atoms with E-state index in [1.165, 1.54) is 18.2 Å². The third-order valence-corrected chi connectivity index (χ3v) is 7.17. The number of amides is 1. The molecule has 0 saturated heterocycles. The lowest BCUT2D eigenvalue weighted by molar-refractivity contribution is -0.116. The number of methoxy groups -OCH3 is 2. The summed E-state index contributed by atoms with van der Waals surface area (Å²) in [6.07, 6.45) is 0.954. The van der Waals surface area contributed by atoms with Gasteiger partial charge in [0, 0.05) is 40.2 Å². The van der Waals surface area contributed by atoms with Crippen molar-refractivity contribution in [2.45, 2.75) is 31.6 Å². The average molecular weight is 513 g/mol. The summed E-state index contributed by atoms with van der Waals surface area (Å²) in [5.41, 5.74) is 4.39. The zero-order valence-corrected chi connectivity index (χ0v) is 21.5. The lowest BCUT2D eigenvalue weighted by Crippen LogP contribution is -2.37. The number of anilines is 1. The van der Waals surface area contributed by atoms with E-state index in [0.717, 1.165) is 11.3 Å². The summed E-state index contributed by atoms with van der Waals surface area (Å²) in [5.74, 6) is -0.486. The van der Waals surface area contributed by atoms with E-state index in [-0.39, 0.29) is 11.7 Å². The first-order valence-corrected chi connectivity index (χ1v) is 12.5. The topological polar surface area (TPSA) is 76.7 Å². The van der Waals surface area contributed by atoms with Crippen molar-refractivity contribution in [1.29, 1.82) is 0 Å². The van der Waals surface area contributed by atoms with E-state index < -0.39 is 17.6 Å². The molecular weight excluding hydrogens is 483 g/mol. The maximum Gasteiger partial charge on any atom is 0.254 e. The third-order valence-electron chi connectivity index (χ3n) is 7.17. The van der Waals surface area contributed by atoms with Crippen molar-refractivity contribution in [3.63, 3.8) is 0 Å².